The molecule has 1 atom stereocenters. The Morgan fingerprint density at radius 2 is 2.00 bits per heavy atom. The molecule has 0 aliphatic rings. The fraction of sp³-hybridized carbons (Fsp3) is 0.467. The molecular formula is C15H22N4O2. The molecule has 21 heavy (non-hydrogen) atoms. The number of rotatable bonds is 7. The molecule has 0 saturated heterocycles. The van der Waals surface area contributed by atoms with Crippen LogP contribution in [0.25, 0.3) is 0 Å². The molecule has 0 saturated carbocycles. The average molecular weight is 290 g/mol. The molecule has 1 aromatic heterocycles. The second kappa shape index (κ2) is 7.08. The third-order valence-corrected chi connectivity index (χ3v) is 3.40. The average Bonchev–Trinajstić information content (AvgIpc) is 2.90. The number of nitrogens with one attached hydrogen (secondary N) is 1. The van der Waals surface area contributed by atoms with Gasteiger partial charge in [0.15, 0.2) is 11.5 Å². The Bertz CT molecular complexity index is 583. The molecule has 6 heteroatoms. The molecule has 114 valence electrons. The molecule has 0 fully saturated rings. The van der Waals surface area contributed by atoms with Crippen molar-refractivity contribution in [2.75, 3.05) is 14.2 Å². The van der Waals surface area contributed by atoms with Gasteiger partial charge in [-0.15, -0.1) is 10.2 Å². The molecule has 1 N–H and O–H groups in total. The van der Waals surface area contributed by atoms with Gasteiger partial charge in [0.2, 0.25) is 0 Å². The van der Waals surface area contributed by atoms with Gasteiger partial charge in [0, 0.05) is 13.1 Å². The van der Waals surface area contributed by atoms with Crippen molar-refractivity contribution in [3.63, 3.8) is 0 Å². The number of methoxy groups -OCH3 is 2. The summed E-state index contributed by atoms with van der Waals surface area (Å²) >= 11 is 0. The van der Waals surface area contributed by atoms with Crippen LogP contribution in [0.15, 0.2) is 24.5 Å². The molecule has 6 nitrogen and oxygen atoms in total. The van der Waals surface area contributed by atoms with Crippen LogP contribution >= 0.6 is 0 Å². The van der Waals surface area contributed by atoms with E-state index in [9.17, 15) is 0 Å². The molecular weight excluding hydrogens is 268 g/mol. The quantitative estimate of drug-likeness (QED) is 0.838. The summed E-state index contributed by atoms with van der Waals surface area (Å²) in [6.45, 7) is 2.85. The van der Waals surface area contributed by atoms with Crippen molar-refractivity contribution in [3.8, 4) is 11.5 Å². The van der Waals surface area contributed by atoms with Crippen molar-refractivity contribution in [1.82, 2.24) is 20.1 Å². The van der Waals surface area contributed by atoms with Crippen LogP contribution in [0.1, 0.15) is 18.3 Å². The molecule has 1 unspecified atom stereocenters. The van der Waals surface area contributed by atoms with E-state index < -0.39 is 0 Å². The second-order valence-electron chi connectivity index (χ2n) is 5.03. The minimum atomic E-state index is 0.319. The number of hydrogen-bond acceptors (Lipinski definition) is 5. The number of ether oxygens (including phenoxy) is 2. The van der Waals surface area contributed by atoms with Crippen molar-refractivity contribution in [1.29, 1.82) is 0 Å². The van der Waals surface area contributed by atoms with E-state index in [0.29, 0.717) is 12.6 Å². The van der Waals surface area contributed by atoms with E-state index in [2.05, 4.69) is 28.5 Å². The van der Waals surface area contributed by atoms with Crippen LogP contribution in [0, 0.1) is 0 Å². The lowest BCUT2D eigenvalue weighted by Gasteiger charge is -2.15. The number of aryl methyl sites for hydroxylation is 1. The highest BCUT2D eigenvalue weighted by molar-refractivity contribution is 5.43. The van der Waals surface area contributed by atoms with Gasteiger partial charge in [-0.2, -0.15) is 0 Å². The number of benzene rings is 1. The van der Waals surface area contributed by atoms with Gasteiger partial charge in [-0.05, 0) is 31.0 Å². The maximum absolute atomic E-state index is 5.33. The van der Waals surface area contributed by atoms with Crippen LogP contribution in [-0.4, -0.2) is 35.0 Å². The van der Waals surface area contributed by atoms with Gasteiger partial charge in [0.1, 0.15) is 12.2 Å². The van der Waals surface area contributed by atoms with E-state index in [-0.39, 0.29) is 0 Å². The third kappa shape index (κ3) is 3.95. The molecule has 2 aromatic rings. The van der Waals surface area contributed by atoms with Crippen LogP contribution in [0.4, 0.5) is 0 Å². The minimum absolute atomic E-state index is 0.319. The van der Waals surface area contributed by atoms with Gasteiger partial charge < -0.3 is 19.4 Å². The highest BCUT2D eigenvalue weighted by Crippen LogP contribution is 2.27. The van der Waals surface area contributed by atoms with Crippen LogP contribution in [-0.2, 0) is 20.0 Å². The predicted molar refractivity (Wildman–Crippen MR) is 80.6 cm³/mol. The van der Waals surface area contributed by atoms with Gasteiger partial charge >= 0.3 is 0 Å². The zero-order valence-corrected chi connectivity index (χ0v) is 13.0. The van der Waals surface area contributed by atoms with E-state index in [0.717, 1.165) is 23.7 Å². The van der Waals surface area contributed by atoms with Crippen molar-refractivity contribution >= 4 is 0 Å². The summed E-state index contributed by atoms with van der Waals surface area (Å²) < 4.78 is 12.5. The summed E-state index contributed by atoms with van der Waals surface area (Å²) in [4.78, 5) is 0. The number of hydrogen-bond donors (Lipinski definition) is 1. The zero-order valence-electron chi connectivity index (χ0n) is 13.0. The molecule has 0 aliphatic carbocycles. The smallest absolute Gasteiger partial charge is 0.160 e. The van der Waals surface area contributed by atoms with Crippen molar-refractivity contribution < 1.29 is 9.47 Å². The summed E-state index contributed by atoms with van der Waals surface area (Å²) in [5.74, 6) is 2.44. The first-order chi connectivity index (χ1) is 10.1. The normalized spacial score (nSPS) is 12.2. The topological polar surface area (TPSA) is 61.2 Å². The largest absolute Gasteiger partial charge is 0.493 e. The maximum Gasteiger partial charge on any atom is 0.160 e. The molecule has 0 amide bonds. The minimum Gasteiger partial charge on any atom is -0.493 e. The molecule has 0 bridgehead atoms. The van der Waals surface area contributed by atoms with Crippen LogP contribution in [0.3, 0.4) is 0 Å². The van der Waals surface area contributed by atoms with Crippen LogP contribution < -0.4 is 14.8 Å². The lowest BCUT2D eigenvalue weighted by molar-refractivity contribution is 0.354. The van der Waals surface area contributed by atoms with Gasteiger partial charge in [-0.1, -0.05) is 6.07 Å². The molecule has 0 spiro atoms. The first kappa shape index (κ1) is 15.3. The SMILES string of the molecule is COc1ccc(CC(C)NCc2nncn2C)cc1OC. The van der Waals surface area contributed by atoms with E-state index >= 15 is 0 Å². The molecule has 2 rings (SSSR count). The number of nitrogens with zero attached hydrogens (tertiary/aromatic N) is 3. The third-order valence-electron chi connectivity index (χ3n) is 3.40. The fourth-order valence-electron chi connectivity index (χ4n) is 2.17. The standard InChI is InChI=1S/C15H22N4O2/c1-11(16-9-15-18-17-10-19(15)2)7-12-5-6-13(20-3)14(8-12)21-4/h5-6,8,10-11,16H,7,9H2,1-4H3. The molecule has 1 aromatic carbocycles. The van der Waals surface area contributed by atoms with E-state index in [1.807, 2.05) is 23.7 Å². The molecule has 0 aliphatic heterocycles. The lowest BCUT2D eigenvalue weighted by atomic mass is 10.1. The highest BCUT2D eigenvalue weighted by atomic mass is 16.5. The van der Waals surface area contributed by atoms with Gasteiger partial charge in [0.05, 0.1) is 20.8 Å². The van der Waals surface area contributed by atoms with E-state index in [1.165, 1.54) is 5.56 Å². The van der Waals surface area contributed by atoms with Crippen LogP contribution in [0.5, 0.6) is 11.5 Å². The van der Waals surface area contributed by atoms with E-state index in [4.69, 9.17) is 9.47 Å². The Hall–Kier alpha value is -2.08. The van der Waals surface area contributed by atoms with E-state index in [1.54, 1.807) is 20.5 Å². The molecule has 1 heterocycles. The van der Waals surface area contributed by atoms with Gasteiger partial charge in [-0.25, -0.2) is 0 Å². The Kier molecular flexibility index (Phi) is 5.16. The zero-order chi connectivity index (χ0) is 15.2. The van der Waals surface area contributed by atoms with Gasteiger partial charge in [0.25, 0.3) is 0 Å². The Morgan fingerprint density at radius 3 is 2.62 bits per heavy atom. The Morgan fingerprint density at radius 1 is 1.24 bits per heavy atom. The predicted octanol–water partition coefficient (Wildman–Crippen LogP) is 1.55. The van der Waals surface area contributed by atoms with Crippen molar-refractivity contribution in [3.05, 3.63) is 35.9 Å². The summed E-state index contributed by atoms with van der Waals surface area (Å²) in [5.41, 5.74) is 1.20. The summed E-state index contributed by atoms with van der Waals surface area (Å²) in [7, 11) is 5.23. The summed E-state index contributed by atoms with van der Waals surface area (Å²) in [5, 5.41) is 11.4. The highest BCUT2D eigenvalue weighted by Gasteiger charge is 2.09. The van der Waals surface area contributed by atoms with Crippen molar-refractivity contribution in [2.24, 2.45) is 7.05 Å². The number of aromatic nitrogens is 3. The van der Waals surface area contributed by atoms with Gasteiger partial charge in [-0.3, -0.25) is 0 Å². The maximum atomic E-state index is 5.33. The fourth-order valence-corrected chi connectivity index (χ4v) is 2.17. The first-order valence-corrected chi connectivity index (χ1v) is 6.91. The Labute approximate surface area is 125 Å². The summed E-state index contributed by atoms with van der Waals surface area (Å²) in [6, 6.07) is 6.32. The van der Waals surface area contributed by atoms with Crippen LogP contribution in [0.2, 0.25) is 0 Å². The first-order valence-electron chi connectivity index (χ1n) is 6.91. The monoisotopic (exact) mass is 290 g/mol. The second-order valence-corrected chi connectivity index (χ2v) is 5.03. The lowest BCUT2D eigenvalue weighted by Crippen LogP contribution is -2.28. The Balaban J connectivity index is 1.93. The van der Waals surface area contributed by atoms with Crippen molar-refractivity contribution in [2.45, 2.75) is 25.9 Å². The summed E-state index contributed by atoms with van der Waals surface area (Å²) in [6.07, 6.45) is 2.61. The molecule has 0 radical (unpaired) electrons.